The van der Waals surface area contributed by atoms with Gasteiger partial charge >= 0.3 is 6.09 Å². The van der Waals surface area contributed by atoms with Crippen molar-refractivity contribution >= 4 is 6.09 Å². The molecule has 1 unspecified atom stereocenters. The van der Waals surface area contributed by atoms with E-state index in [2.05, 4.69) is 19.2 Å². The quantitative estimate of drug-likeness (QED) is 0.844. The monoisotopic (exact) mass is 256 g/mol. The van der Waals surface area contributed by atoms with Gasteiger partial charge in [0.2, 0.25) is 0 Å². The Morgan fingerprint density at radius 3 is 2.67 bits per heavy atom. The summed E-state index contributed by atoms with van der Waals surface area (Å²) >= 11 is 0. The Morgan fingerprint density at radius 1 is 1.44 bits per heavy atom. The van der Waals surface area contributed by atoms with Crippen LogP contribution in [0.2, 0.25) is 0 Å². The zero-order valence-electron chi connectivity index (χ0n) is 12.5. The van der Waals surface area contributed by atoms with Crippen LogP contribution in [0, 0.1) is 5.92 Å². The number of carbonyl (C=O) groups excluding carboxylic acids is 1. The standard InChI is InChI=1S/C14H28N2O2/c1-11(2)9-15-12-7-6-8-16(10-12)13(17)18-14(3,4)5/h11-12,15H,6-10H2,1-5H3. The van der Waals surface area contributed by atoms with Crippen LogP contribution in [0.1, 0.15) is 47.5 Å². The second-order valence-corrected chi connectivity index (χ2v) is 6.57. The topological polar surface area (TPSA) is 41.6 Å². The molecule has 4 nitrogen and oxygen atoms in total. The van der Waals surface area contributed by atoms with Crippen molar-refractivity contribution in [3.05, 3.63) is 0 Å². The van der Waals surface area contributed by atoms with Gasteiger partial charge in [-0.15, -0.1) is 0 Å². The summed E-state index contributed by atoms with van der Waals surface area (Å²) in [5.41, 5.74) is -0.407. The molecule has 1 amide bonds. The molecule has 0 aromatic carbocycles. The van der Waals surface area contributed by atoms with E-state index in [0.29, 0.717) is 12.0 Å². The molecule has 1 heterocycles. The smallest absolute Gasteiger partial charge is 0.410 e. The Kier molecular flexibility index (Phi) is 5.45. The van der Waals surface area contributed by atoms with Gasteiger partial charge in [0.1, 0.15) is 5.60 Å². The molecule has 18 heavy (non-hydrogen) atoms. The van der Waals surface area contributed by atoms with E-state index >= 15 is 0 Å². The lowest BCUT2D eigenvalue weighted by atomic mass is 10.1. The van der Waals surface area contributed by atoms with Crippen molar-refractivity contribution in [2.75, 3.05) is 19.6 Å². The summed E-state index contributed by atoms with van der Waals surface area (Å²) in [5.74, 6) is 0.641. The van der Waals surface area contributed by atoms with Gasteiger partial charge in [-0.3, -0.25) is 0 Å². The summed E-state index contributed by atoms with van der Waals surface area (Å²) in [6, 6.07) is 0.411. The Morgan fingerprint density at radius 2 is 2.11 bits per heavy atom. The lowest BCUT2D eigenvalue weighted by molar-refractivity contribution is 0.0187. The molecule has 0 aliphatic carbocycles. The number of ether oxygens (including phenoxy) is 1. The fraction of sp³-hybridized carbons (Fsp3) is 0.929. The zero-order valence-corrected chi connectivity index (χ0v) is 12.5. The number of hydrogen-bond donors (Lipinski definition) is 1. The van der Waals surface area contributed by atoms with Crippen molar-refractivity contribution in [1.82, 2.24) is 10.2 Å². The maximum absolute atomic E-state index is 12.0. The van der Waals surface area contributed by atoms with Gasteiger partial charge in [0.05, 0.1) is 0 Å². The number of nitrogens with zero attached hydrogens (tertiary/aromatic N) is 1. The molecule has 4 heteroatoms. The lowest BCUT2D eigenvalue weighted by Gasteiger charge is -2.34. The van der Waals surface area contributed by atoms with E-state index in [9.17, 15) is 4.79 Å². The number of amides is 1. The molecule has 1 aliphatic rings. The first-order chi connectivity index (χ1) is 8.28. The highest BCUT2D eigenvalue weighted by Crippen LogP contribution is 2.15. The van der Waals surface area contributed by atoms with E-state index in [1.54, 1.807) is 0 Å². The summed E-state index contributed by atoms with van der Waals surface area (Å²) < 4.78 is 5.41. The average molecular weight is 256 g/mol. The highest BCUT2D eigenvalue weighted by molar-refractivity contribution is 5.68. The number of piperidine rings is 1. The van der Waals surface area contributed by atoms with E-state index in [0.717, 1.165) is 32.5 Å². The molecule has 1 atom stereocenters. The Hall–Kier alpha value is -0.770. The van der Waals surface area contributed by atoms with Crippen LogP contribution in [-0.2, 0) is 4.74 Å². The lowest BCUT2D eigenvalue weighted by Crippen LogP contribution is -2.49. The van der Waals surface area contributed by atoms with E-state index < -0.39 is 5.60 Å². The van der Waals surface area contributed by atoms with Gasteiger partial charge in [0.15, 0.2) is 0 Å². The minimum atomic E-state index is -0.407. The zero-order chi connectivity index (χ0) is 13.8. The minimum absolute atomic E-state index is 0.182. The molecule has 0 aromatic heterocycles. The van der Waals surface area contributed by atoms with Crippen LogP contribution in [-0.4, -0.2) is 42.3 Å². The summed E-state index contributed by atoms with van der Waals surface area (Å²) in [5, 5.41) is 3.52. The molecule has 1 fully saturated rings. The number of carbonyl (C=O) groups is 1. The van der Waals surface area contributed by atoms with Crippen molar-refractivity contribution in [3.63, 3.8) is 0 Å². The van der Waals surface area contributed by atoms with Crippen molar-refractivity contribution in [2.24, 2.45) is 5.92 Å². The van der Waals surface area contributed by atoms with Gasteiger partial charge in [-0.05, 0) is 46.1 Å². The fourth-order valence-corrected chi connectivity index (χ4v) is 2.04. The SMILES string of the molecule is CC(C)CNC1CCCN(C(=O)OC(C)(C)C)C1. The Bertz CT molecular complexity index is 271. The normalized spacial score (nSPS) is 21.2. The maximum atomic E-state index is 12.0. The Labute approximate surface area is 111 Å². The van der Waals surface area contributed by atoms with Gasteiger partial charge in [0, 0.05) is 19.1 Å². The van der Waals surface area contributed by atoms with E-state index in [1.807, 2.05) is 25.7 Å². The minimum Gasteiger partial charge on any atom is -0.444 e. The highest BCUT2D eigenvalue weighted by Gasteiger charge is 2.27. The third-order valence-corrected chi connectivity index (χ3v) is 2.89. The molecule has 1 rings (SSSR count). The number of likely N-dealkylation sites (tertiary alicyclic amines) is 1. The van der Waals surface area contributed by atoms with Gasteiger partial charge in [-0.2, -0.15) is 0 Å². The van der Waals surface area contributed by atoms with Crippen molar-refractivity contribution < 1.29 is 9.53 Å². The van der Waals surface area contributed by atoms with Gasteiger partial charge in [-0.25, -0.2) is 4.79 Å². The first kappa shape index (κ1) is 15.3. The molecule has 0 radical (unpaired) electrons. The Balaban J connectivity index is 2.40. The molecule has 1 saturated heterocycles. The van der Waals surface area contributed by atoms with E-state index in [4.69, 9.17) is 4.74 Å². The van der Waals surface area contributed by atoms with Crippen LogP contribution in [0.5, 0.6) is 0 Å². The number of nitrogens with one attached hydrogen (secondary N) is 1. The summed E-state index contributed by atoms with van der Waals surface area (Å²) in [4.78, 5) is 13.8. The fourth-order valence-electron chi connectivity index (χ4n) is 2.04. The van der Waals surface area contributed by atoms with Crippen LogP contribution in [0.25, 0.3) is 0 Å². The molecule has 0 aromatic rings. The molecule has 0 bridgehead atoms. The second kappa shape index (κ2) is 6.41. The first-order valence-corrected chi connectivity index (χ1v) is 6.99. The summed E-state index contributed by atoms with van der Waals surface area (Å²) in [6.45, 7) is 12.7. The predicted octanol–water partition coefficient (Wildman–Crippen LogP) is 2.63. The number of hydrogen-bond acceptors (Lipinski definition) is 3. The molecule has 1 aliphatic heterocycles. The third-order valence-electron chi connectivity index (χ3n) is 2.89. The highest BCUT2D eigenvalue weighted by atomic mass is 16.6. The molecular formula is C14H28N2O2. The van der Waals surface area contributed by atoms with Gasteiger partial charge in [-0.1, -0.05) is 13.8 Å². The molecule has 1 N–H and O–H groups in total. The van der Waals surface area contributed by atoms with Crippen molar-refractivity contribution in [1.29, 1.82) is 0 Å². The van der Waals surface area contributed by atoms with Crippen LogP contribution in [0.4, 0.5) is 4.79 Å². The van der Waals surface area contributed by atoms with Gasteiger partial charge < -0.3 is 15.0 Å². The molecule has 0 saturated carbocycles. The third kappa shape index (κ3) is 5.71. The molecular weight excluding hydrogens is 228 g/mol. The predicted molar refractivity (Wildman–Crippen MR) is 73.7 cm³/mol. The summed E-state index contributed by atoms with van der Waals surface area (Å²) in [6.07, 6.45) is 2.01. The van der Waals surface area contributed by atoms with Crippen LogP contribution < -0.4 is 5.32 Å². The van der Waals surface area contributed by atoms with E-state index in [-0.39, 0.29) is 6.09 Å². The first-order valence-electron chi connectivity index (χ1n) is 6.99. The molecule has 106 valence electrons. The van der Waals surface area contributed by atoms with Crippen molar-refractivity contribution in [2.45, 2.75) is 59.1 Å². The van der Waals surface area contributed by atoms with Crippen LogP contribution in [0.3, 0.4) is 0 Å². The number of rotatable bonds is 3. The maximum Gasteiger partial charge on any atom is 0.410 e. The largest absolute Gasteiger partial charge is 0.444 e. The van der Waals surface area contributed by atoms with Crippen molar-refractivity contribution in [3.8, 4) is 0 Å². The summed E-state index contributed by atoms with van der Waals surface area (Å²) in [7, 11) is 0. The van der Waals surface area contributed by atoms with Gasteiger partial charge in [0.25, 0.3) is 0 Å². The van der Waals surface area contributed by atoms with Crippen LogP contribution >= 0.6 is 0 Å². The average Bonchev–Trinajstić information content (AvgIpc) is 2.24. The second-order valence-electron chi connectivity index (χ2n) is 6.57. The molecule has 0 spiro atoms. The van der Waals surface area contributed by atoms with Crippen LogP contribution in [0.15, 0.2) is 0 Å². The van der Waals surface area contributed by atoms with E-state index in [1.165, 1.54) is 0 Å².